The minimum atomic E-state index is -1.08. The van der Waals surface area contributed by atoms with Gasteiger partial charge in [-0.2, -0.15) is 0 Å². The Labute approximate surface area is 146 Å². The van der Waals surface area contributed by atoms with Gasteiger partial charge in [-0.1, -0.05) is 17.5 Å². The molecular weight excluding hydrogens is 352 g/mol. The number of aromatic nitrogens is 4. The van der Waals surface area contributed by atoms with Crippen molar-refractivity contribution in [2.75, 3.05) is 0 Å². The first kappa shape index (κ1) is 17.1. The van der Waals surface area contributed by atoms with E-state index >= 15 is 0 Å². The Morgan fingerprint density at radius 3 is 2.88 bits per heavy atom. The highest BCUT2D eigenvalue weighted by atomic mass is 35.5. The van der Waals surface area contributed by atoms with Crippen LogP contribution in [0.3, 0.4) is 0 Å². The summed E-state index contributed by atoms with van der Waals surface area (Å²) in [5.41, 5.74) is 0.703. The highest BCUT2D eigenvalue weighted by Gasteiger charge is 2.48. The molecule has 4 atom stereocenters. The van der Waals surface area contributed by atoms with Crippen molar-refractivity contribution in [3.63, 3.8) is 0 Å². The summed E-state index contributed by atoms with van der Waals surface area (Å²) < 4.78 is 12.5. The summed E-state index contributed by atoms with van der Waals surface area (Å²) in [7, 11) is 0. The fourth-order valence-corrected chi connectivity index (χ4v) is 3.07. The number of esters is 1. The van der Waals surface area contributed by atoms with Crippen molar-refractivity contribution in [1.82, 2.24) is 19.5 Å². The number of ether oxygens (including phenoxy) is 2. The molecule has 0 spiro atoms. The molecule has 1 aliphatic heterocycles. The van der Waals surface area contributed by atoms with Crippen LogP contribution in [0.25, 0.3) is 11.2 Å². The molecule has 0 aromatic carbocycles. The van der Waals surface area contributed by atoms with Crippen molar-refractivity contribution in [1.29, 1.82) is 0 Å². The van der Waals surface area contributed by atoms with Crippen molar-refractivity contribution in [3.8, 4) is 12.3 Å². The van der Waals surface area contributed by atoms with E-state index in [2.05, 4.69) is 20.9 Å². The summed E-state index contributed by atoms with van der Waals surface area (Å²) in [6.45, 7) is 1.22. The van der Waals surface area contributed by atoms with Gasteiger partial charge in [-0.3, -0.25) is 14.2 Å². The van der Waals surface area contributed by atoms with Crippen molar-refractivity contribution in [3.05, 3.63) is 17.8 Å². The number of rotatable bonds is 4. The van der Waals surface area contributed by atoms with E-state index in [1.807, 2.05) is 0 Å². The van der Waals surface area contributed by atoms with Gasteiger partial charge in [0.1, 0.15) is 24.2 Å². The average Bonchev–Trinajstić information content (AvgIpc) is 3.10. The zero-order valence-electron chi connectivity index (χ0n) is 13.0. The summed E-state index contributed by atoms with van der Waals surface area (Å²) >= 11 is 5.99. The second kappa shape index (κ2) is 6.66. The zero-order chi connectivity index (χ0) is 18.1. The molecule has 0 bridgehead atoms. The molecule has 2 aromatic heterocycles. The topological polar surface area (TPSA) is 116 Å². The predicted octanol–water partition coefficient (Wildman–Crippen LogP) is 1.03. The van der Waals surface area contributed by atoms with Crippen LogP contribution >= 0.6 is 11.6 Å². The Bertz CT molecular complexity index is 876. The van der Waals surface area contributed by atoms with E-state index in [1.54, 1.807) is 0 Å². The lowest BCUT2D eigenvalue weighted by Crippen LogP contribution is -2.32. The highest BCUT2D eigenvalue weighted by Crippen LogP contribution is 2.40. The zero-order valence-corrected chi connectivity index (χ0v) is 13.8. The third kappa shape index (κ3) is 3.14. The van der Waals surface area contributed by atoms with E-state index in [4.69, 9.17) is 27.5 Å². The third-order valence-corrected chi connectivity index (χ3v) is 4.11. The molecule has 0 radical (unpaired) electrons. The van der Waals surface area contributed by atoms with Gasteiger partial charge in [0.05, 0.1) is 18.7 Å². The summed E-state index contributed by atoms with van der Waals surface area (Å²) in [6.07, 6.45) is 5.17. The second-order valence-corrected chi connectivity index (χ2v) is 5.80. The van der Waals surface area contributed by atoms with Gasteiger partial charge in [0, 0.05) is 6.92 Å². The first-order valence-electron chi connectivity index (χ1n) is 7.26. The Morgan fingerprint density at radius 1 is 1.48 bits per heavy atom. The van der Waals surface area contributed by atoms with Crippen LogP contribution in [-0.4, -0.2) is 48.8 Å². The maximum absolute atomic E-state index is 11.4. The Balaban J connectivity index is 2.06. The van der Waals surface area contributed by atoms with E-state index in [9.17, 15) is 14.7 Å². The highest BCUT2D eigenvalue weighted by molar-refractivity contribution is 6.33. The molecule has 0 saturated carbocycles. The van der Waals surface area contributed by atoms with Gasteiger partial charge in [-0.25, -0.2) is 15.0 Å². The number of terminal acetylenes is 1. The van der Waals surface area contributed by atoms with Gasteiger partial charge < -0.3 is 14.6 Å². The number of imidazole rings is 1. The first-order chi connectivity index (χ1) is 11.9. The number of halogens is 1. The normalized spacial score (nSPS) is 25.6. The summed E-state index contributed by atoms with van der Waals surface area (Å²) in [5, 5.41) is 9.39. The molecule has 10 heteroatoms. The van der Waals surface area contributed by atoms with Gasteiger partial charge >= 0.3 is 11.9 Å². The fraction of sp³-hybridized carbons (Fsp3) is 0.400. The van der Waals surface area contributed by atoms with E-state index < -0.39 is 36.3 Å². The maximum atomic E-state index is 11.4. The van der Waals surface area contributed by atoms with Crippen LogP contribution < -0.4 is 0 Å². The lowest BCUT2D eigenvalue weighted by molar-refractivity contribution is -0.151. The number of hydrogen-bond donors (Lipinski definition) is 1. The molecule has 1 aliphatic rings. The van der Waals surface area contributed by atoms with Crippen LogP contribution in [0.2, 0.25) is 5.15 Å². The smallest absolute Gasteiger partial charge is 0.303 e. The van der Waals surface area contributed by atoms with E-state index in [1.165, 1.54) is 24.1 Å². The molecular formula is C15H13ClN4O5. The van der Waals surface area contributed by atoms with Gasteiger partial charge in [-0.05, 0) is 0 Å². The quantitative estimate of drug-likeness (QED) is 0.485. The molecule has 0 unspecified atom stereocenters. The SMILES string of the molecule is C#C[C@H]1O[C@@H](n2cnc3c(Cl)ncnc32)[C@H](CC(=O)O)[C@H]1OC(C)=O. The number of nitrogens with zero attached hydrogens (tertiary/aromatic N) is 4. The summed E-state index contributed by atoms with van der Waals surface area (Å²) in [4.78, 5) is 34.8. The molecule has 3 heterocycles. The number of hydrogen-bond acceptors (Lipinski definition) is 7. The van der Waals surface area contributed by atoms with Crippen molar-refractivity contribution in [2.24, 2.45) is 5.92 Å². The average molecular weight is 365 g/mol. The summed E-state index contributed by atoms with van der Waals surface area (Å²) in [6, 6.07) is 0. The molecule has 1 saturated heterocycles. The largest absolute Gasteiger partial charge is 0.481 e. The van der Waals surface area contributed by atoms with Crippen LogP contribution in [-0.2, 0) is 19.1 Å². The van der Waals surface area contributed by atoms with Crippen LogP contribution in [0.1, 0.15) is 19.6 Å². The number of carboxylic acids is 1. The molecule has 0 aliphatic carbocycles. The molecule has 9 nitrogen and oxygen atoms in total. The number of carboxylic acid groups (broad SMARTS) is 1. The lowest BCUT2D eigenvalue weighted by Gasteiger charge is -2.22. The van der Waals surface area contributed by atoms with Crippen LogP contribution in [0.5, 0.6) is 0 Å². The number of fused-ring (bicyclic) bond motifs is 1. The standard InChI is InChI=1S/C15H13ClN4O5/c1-3-9-12(24-7(2)21)8(4-10(22)23)15(25-9)20-6-19-11-13(16)17-5-18-14(11)20/h1,5-6,8-9,12,15H,4H2,2H3,(H,22,23)/t8-,9-,12-,15-/m1/s1. The van der Waals surface area contributed by atoms with Crippen molar-refractivity contribution in [2.45, 2.75) is 31.8 Å². The fourth-order valence-electron chi connectivity index (χ4n) is 2.89. The Morgan fingerprint density at radius 2 is 2.24 bits per heavy atom. The first-order valence-corrected chi connectivity index (χ1v) is 7.63. The monoisotopic (exact) mass is 364 g/mol. The molecule has 3 rings (SSSR count). The minimum Gasteiger partial charge on any atom is -0.481 e. The van der Waals surface area contributed by atoms with Crippen molar-refractivity contribution >= 4 is 34.7 Å². The van der Waals surface area contributed by atoms with Crippen LogP contribution in [0.4, 0.5) is 0 Å². The number of carbonyl (C=O) groups is 2. The molecule has 1 N–H and O–H groups in total. The minimum absolute atomic E-state index is 0.154. The van der Waals surface area contributed by atoms with Gasteiger partial charge in [-0.15, -0.1) is 6.42 Å². The van der Waals surface area contributed by atoms with Crippen molar-refractivity contribution < 1.29 is 24.2 Å². The summed E-state index contributed by atoms with van der Waals surface area (Å²) in [5.74, 6) is 0.00462. The molecule has 2 aromatic rings. The van der Waals surface area contributed by atoms with Crippen LogP contribution in [0, 0.1) is 18.3 Å². The molecule has 0 amide bonds. The van der Waals surface area contributed by atoms with E-state index in [-0.39, 0.29) is 11.6 Å². The Hall–Kier alpha value is -2.70. The number of aliphatic carboxylic acids is 1. The third-order valence-electron chi connectivity index (χ3n) is 3.84. The molecule has 25 heavy (non-hydrogen) atoms. The van der Waals surface area contributed by atoms with Gasteiger partial charge in [0.25, 0.3) is 0 Å². The Kier molecular flexibility index (Phi) is 4.57. The lowest BCUT2D eigenvalue weighted by atomic mass is 9.95. The van der Waals surface area contributed by atoms with E-state index in [0.29, 0.717) is 11.2 Å². The molecule has 1 fully saturated rings. The van der Waals surface area contributed by atoms with Gasteiger partial charge in [0.15, 0.2) is 16.9 Å². The predicted molar refractivity (Wildman–Crippen MR) is 84.4 cm³/mol. The number of carbonyl (C=O) groups excluding carboxylic acids is 1. The van der Waals surface area contributed by atoms with E-state index in [0.717, 1.165) is 0 Å². The second-order valence-electron chi connectivity index (χ2n) is 5.44. The molecule has 130 valence electrons. The van der Waals surface area contributed by atoms with Crippen LogP contribution in [0.15, 0.2) is 12.7 Å². The van der Waals surface area contributed by atoms with Gasteiger partial charge in [0.2, 0.25) is 0 Å². The maximum Gasteiger partial charge on any atom is 0.303 e.